The largest absolute Gasteiger partial charge is 0.474 e. The Morgan fingerprint density at radius 3 is 2.26 bits per heavy atom. The average Bonchev–Trinajstić information content (AvgIpc) is 3.42. The third-order valence-electron chi connectivity index (χ3n) is 4.34. The average molecular weight is 416 g/mol. The standard InChI is InChI=1S/C16H15ClFN3O5S/c1-19-13(23)21(14(24)20(2)15(19)27)10-7-11(8(17)6-9(10)18)26-16(4-5-16)12(22)25-3/h6-7H,4-5H2,1-3H3. The van der Waals surface area contributed by atoms with Gasteiger partial charge in [-0.1, -0.05) is 11.6 Å². The first-order valence-electron chi connectivity index (χ1n) is 7.79. The van der Waals surface area contributed by atoms with Crippen molar-refractivity contribution in [2.24, 2.45) is 14.1 Å². The Kier molecular flexibility index (Phi) is 4.73. The minimum absolute atomic E-state index is 0.0188. The maximum atomic E-state index is 14.5. The fourth-order valence-electron chi connectivity index (χ4n) is 2.60. The van der Waals surface area contributed by atoms with Crippen LogP contribution in [-0.4, -0.2) is 32.4 Å². The van der Waals surface area contributed by atoms with Gasteiger partial charge in [0.05, 0.1) is 17.8 Å². The molecular formula is C16H15ClFN3O5S. The number of hydrogen-bond donors (Lipinski definition) is 0. The minimum atomic E-state index is -1.20. The first-order valence-corrected chi connectivity index (χ1v) is 8.57. The molecule has 0 amide bonds. The number of esters is 1. The fraction of sp³-hybridized carbons (Fsp3) is 0.375. The number of benzene rings is 1. The van der Waals surface area contributed by atoms with Gasteiger partial charge < -0.3 is 9.47 Å². The summed E-state index contributed by atoms with van der Waals surface area (Å²) in [5.74, 6) is -1.54. The van der Waals surface area contributed by atoms with Crippen LogP contribution in [0.5, 0.6) is 5.75 Å². The molecule has 0 N–H and O–H groups in total. The second-order valence-electron chi connectivity index (χ2n) is 6.12. The second kappa shape index (κ2) is 6.61. The van der Waals surface area contributed by atoms with Crippen molar-refractivity contribution in [3.8, 4) is 11.4 Å². The number of rotatable bonds is 4. The van der Waals surface area contributed by atoms with Gasteiger partial charge in [-0.3, -0.25) is 9.13 Å². The van der Waals surface area contributed by atoms with Crippen molar-refractivity contribution in [1.29, 1.82) is 0 Å². The lowest BCUT2D eigenvalue weighted by molar-refractivity contribution is -0.151. The molecule has 2 aromatic rings. The van der Waals surface area contributed by atoms with Crippen molar-refractivity contribution in [2.45, 2.75) is 18.4 Å². The first-order chi connectivity index (χ1) is 12.6. The highest BCUT2D eigenvalue weighted by atomic mass is 35.5. The molecule has 1 aliphatic rings. The molecule has 144 valence electrons. The van der Waals surface area contributed by atoms with E-state index in [9.17, 15) is 18.8 Å². The molecule has 8 nitrogen and oxygen atoms in total. The molecule has 0 aliphatic heterocycles. The third kappa shape index (κ3) is 3.08. The minimum Gasteiger partial charge on any atom is -0.474 e. The van der Waals surface area contributed by atoms with Crippen LogP contribution in [-0.2, 0) is 23.6 Å². The Hall–Kier alpha value is -2.46. The van der Waals surface area contributed by atoms with Crippen molar-refractivity contribution in [2.75, 3.05) is 7.11 Å². The molecule has 0 spiro atoms. The van der Waals surface area contributed by atoms with E-state index >= 15 is 0 Å². The molecule has 1 aromatic carbocycles. The lowest BCUT2D eigenvalue weighted by Crippen LogP contribution is -2.43. The van der Waals surface area contributed by atoms with Crippen LogP contribution in [0, 0.1) is 10.6 Å². The highest BCUT2D eigenvalue weighted by Gasteiger charge is 2.54. The zero-order chi connectivity index (χ0) is 20.1. The smallest absolute Gasteiger partial charge is 0.350 e. The van der Waals surface area contributed by atoms with Crippen molar-refractivity contribution in [3.05, 3.63) is 48.7 Å². The number of halogens is 2. The number of aromatic nitrogens is 3. The van der Waals surface area contributed by atoms with Crippen molar-refractivity contribution in [1.82, 2.24) is 13.7 Å². The van der Waals surface area contributed by atoms with Gasteiger partial charge in [-0.15, -0.1) is 0 Å². The Morgan fingerprint density at radius 2 is 1.78 bits per heavy atom. The van der Waals surface area contributed by atoms with E-state index < -0.39 is 28.8 Å². The van der Waals surface area contributed by atoms with Gasteiger partial charge in [-0.05, 0) is 18.3 Å². The highest BCUT2D eigenvalue weighted by molar-refractivity contribution is 7.71. The summed E-state index contributed by atoms with van der Waals surface area (Å²) in [7, 11) is 3.95. The van der Waals surface area contributed by atoms with Crippen molar-refractivity contribution < 1.29 is 18.7 Å². The highest BCUT2D eigenvalue weighted by Crippen LogP contribution is 2.43. The van der Waals surface area contributed by atoms with Gasteiger partial charge in [0.2, 0.25) is 5.60 Å². The van der Waals surface area contributed by atoms with Gasteiger partial charge in [0.1, 0.15) is 11.6 Å². The van der Waals surface area contributed by atoms with Gasteiger partial charge in [-0.2, -0.15) is 0 Å². The maximum absolute atomic E-state index is 14.5. The molecule has 3 rings (SSSR count). The van der Waals surface area contributed by atoms with Gasteiger partial charge in [0, 0.05) is 33.0 Å². The van der Waals surface area contributed by atoms with Crippen molar-refractivity contribution >= 4 is 29.8 Å². The first kappa shape index (κ1) is 19.3. The van der Waals surface area contributed by atoms with Crippen LogP contribution in [0.4, 0.5) is 4.39 Å². The lowest BCUT2D eigenvalue weighted by Gasteiger charge is -2.18. The topological polar surface area (TPSA) is 84.5 Å². The molecule has 1 aliphatic carbocycles. The third-order valence-corrected chi connectivity index (χ3v) is 5.18. The van der Waals surface area contributed by atoms with E-state index in [2.05, 4.69) is 0 Å². The van der Waals surface area contributed by atoms with Gasteiger partial charge in [0.15, 0.2) is 4.77 Å². The van der Waals surface area contributed by atoms with Crippen LogP contribution in [0.25, 0.3) is 5.69 Å². The Balaban J connectivity index is 2.20. The van der Waals surface area contributed by atoms with Crippen LogP contribution in [0.3, 0.4) is 0 Å². The predicted molar refractivity (Wildman–Crippen MR) is 96.7 cm³/mol. The van der Waals surface area contributed by atoms with E-state index in [1.54, 1.807) is 0 Å². The molecule has 0 radical (unpaired) electrons. The number of ether oxygens (including phenoxy) is 2. The SMILES string of the molecule is COC(=O)C1(Oc2cc(-n3c(=O)n(C)c(=S)n(C)c3=O)c(F)cc2Cl)CC1. The number of methoxy groups -OCH3 is 1. The molecule has 1 aromatic heterocycles. The number of nitrogens with zero attached hydrogens (tertiary/aromatic N) is 3. The summed E-state index contributed by atoms with van der Waals surface area (Å²) in [5, 5.41) is -0.111. The Labute approximate surface area is 162 Å². The Bertz CT molecular complexity index is 1090. The summed E-state index contributed by atoms with van der Waals surface area (Å²) in [6, 6.07) is 2.01. The van der Waals surface area contributed by atoms with E-state index in [1.807, 2.05) is 0 Å². The maximum Gasteiger partial charge on any atom is 0.350 e. The molecule has 11 heteroatoms. The number of hydrogen-bond acceptors (Lipinski definition) is 6. The van der Waals surface area contributed by atoms with Gasteiger partial charge >= 0.3 is 17.3 Å². The predicted octanol–water partition coefficient (Wildman–Crippen LogP) is 1.48. The summed E-state index contributed by atoms with van der Waals surface area (Å²) in [6.07, 6.45) is 0.814. The van der Waals surface area contributed by atoms with Crippen LogP contribution in [0.15, 0.2) is 21.7 Å². The summed E-state index contributed by atoms with van der Waals surface area (Å²) < 4.78 is 27.6. The zero-order valence-corrected chi connectivity index (χ0v) is 16.2. The summed E-state index contributed by atoms with van der Waals surface area (Å²) in [6.45, 7) is 0. The monoisotopic (exact) mass is 415 g/mol. The molecule has 0 saturated heterocycles. The molecule has 0 unspecified atom stereocenters. The van der Waals surface area contributed by atoms with Gasteiger partial charge in [-0.25, -0.2) is 23.3 Å². The molecular weight excluding hydrogens is 401 g/mol. The molecule has 1 saturated carbocycles. The molecule has 1 fully saturated rings. The zero-order valence-electron chi connectivity index (χ0n) is 14.6. The normalized spacial score (nSPS) is 14.7. The fourth-order valence-corrected chi connectivity index (χ4v) is 2.95. The van der Waals surface area contributed by atoms with Crippen LogP contribution < -0.4 is 16.1 Å². The Morgan fingerprint density at radius 1 is 1.22 bits per heavy atom. The van der Waals surface area contributed by atoms with E-state index in [0.29, 0.717) is 17.4 Å². The molecule has 0 atom stereocenters. The van der Waals surface area contributed by atoms with Crippen LogP contribution >= 0.6 is 23.8 Å². The van der Waals surface area contributed by atoms with E-state index in [0.717, 1.165) is 21.3 Å². The van der Waals surface area contributed by atoms with Gasteiger partial charge in [0.25, 0.3) is 0 Å². The number of carbonyl (C=O) groups excluding carboxylic acids is 1. The summed E-state index contributed by atoms with van der Waals surface area (Å²) >= 11 is 11.0. The molecule has 27 heavy (non-hydrogen) atoms. The second-order valence-corrected chi connectivity index (χ2v) is 6.90. The summed E-state index contributed by atoms with van der Waals surface area (Å²) in [4.78, 5) is 36.9. The quantitative estimate of drug-likeness (QED) is 0.555. The number of carbonyl (C=O) groups is 1. The van der Waals surface area contributed by atoms with E-state index in [-0.39, 0.29) is 21.2 Å². The van der Waals surface area contributed by atoms with E-state index in [1.165, 1.54) is 21.2 Å². The summed E-state index contributed by atoms with van der Waals surface area (Å²) in [5.41, 5.74) is -3.22. The van der Waals surface area contributed by atoms with Crippen LogP contribution in [0.1, 0.15) is 12.8 Å². The molecule has 0 bridgehead atoms. The van der Waals surface area contributed by atoms with Crippen molar-refractivity contribution in [3.63, 3.8) is 0 Å². The van der Waals surface area contributed by atoms with E-state index in [4.69, 9.17) is 33.3 Å². The molecule has 1 heterocycles. The van der Waals surface area contributed by atoms with Crippen LogP contribution in [0.2, 0.25) is 5.02 Å². The lowest BCUT2D eigenvalue weighted by atomic mass is 10.2.